The van der Waals surface area contributed by atoms with E-state index < -0.39 is 31.1 Å². The summed E-state index contributed by atoms with van der Waals surface area (Å²) in [6.45, 7) is 0.333. The van der Waals surface area contributed by atoms with Crippen LogP contribution in [0.3, 0.4) is 0 Å². The molecule has 1 saturated heterocycles. The second kappa shape index (κ2) is 3.44. The maximum Gasteiger partial charge on any atom is 0.157 e. The Morgan fingerprint density at radius 3 is 2.55 bits per heavy atom. The van der Waals surface area contributed by atoms with Gasteiger partial charge in [-0.25, -0.2) is 4.39 Å². The number of halogens is 1. The van der Waals surface area contributed by atoms with Crippen LogP contribution in [0.5, 0.6) is 0 Å². The molecule has 1 aliphatic rings. The molecular weight excluding hydrogens is 155 g/mol. The van der Waals surface area contributed by atoms with Crippen molar-refractivity contribution < 1.29 is 24.4 Å². The molecule has 0 bridgehead atoms. The van der Waals surface area contributed by atoms with Crippen LogP contribution in [0.15, 0.2) is 0 Å². The van der Waals surface area contributed by atoms with Crippen molar-refractivity contribution in [2.45, 2.75) is 24.5 Å². The van der Waals surface area contributed by atoms with Crippen molar-refractivity contribution in [3.63, 3.8) is 0 Å². The van der Waals surface area contributed by atoms with Crippen molar-refractivity contribution in [3.05, 3.63) is 6.61 Å². The summed E-state index contributed by atoms with van der Waals surface area (Å²) in [4.78, 5) is 0. The summed E-state index contributed by atoms with van der Waals surface area (Å²) in [5.41, 5.74) is 0. The monoisotopic (exact) mass is 165 g/mol. The molecule has 0 spiro atoms. The fourth-order valence-corrected chi connectivity index (χ4v) is 0.896. The molecule has 4 nitrogen and oxygen atoms in total. The largest absolute Gasteiger partial charge is 0.394 e. The first kappa shape index (κ1) is 8.86. The van der Waals surface area contributed by atoms with Crippen LogP contribution in [0.4, 0.5) is 4.39 Å². The van der Waals surface area contributed by atoms with Crippen molar-refractivity contribution >= 4 is 0 Å². The molecule has 1 radical (unpaired) electrons. The molecule has 0 aliphatic carbocycles. The smallest absolute Gasteiger partial charge is 0.157 e. The zero-order valence-electron chi connectivity index (χ0n) is 5.72. The Hall–Kier alpha value is -0.230. The fraction of sp³-hybridized carbons (Fsp3) is 0.833. The molecule has 1 fully saturated rings. The highest BCUT2D eigenvalue weighted by atomic mass is 19.1. The molecular formula is C6H10FO4. The van der Waals surface area contributed by atoms with Gasteiger partial charge in [-0.2, -0.15) is 0 Å². The third-order valence-corrected chi connectivity index (χ3v) is 1.62. The first-order valence-electron chi connectivity index (χ1n) is 3.26. The Bertz CT molecular complexity index is 130. The van der Waals surface area contributed by atoms with E-state index in [0.29, 0.717) is 0 Å². The SMILES string of the molecule is OC[C@H]1O[CH][C@H](F)[C@@H](O)[C@@H]1O. The van der Waals surface area contributed by atoms with E-state index in [1.165, 1.54) is 0 Å². The van der Waals surface area contributed by atoms with Gasteiger partial charge in [-0.15, -0.1) is 0 Å². The minimum Gasteiger partial charge on any atom is -0.394 e. The summed E-state index contributed by atoms with van der Waals surface area (Å²) >= 11 is 0. The quantitative estimate of drug-likeness (QED) is 0.447. The van der Waals surface area contributed by atoms with Gasteiger partial charge >= 0.3 is 0 Å². The summed E-state index contributed by atoms with van der Waals surface area (Å²) in [7, 11) is 0. The fourth-order valence-electron chi connectivity index (χ4n) is 0.896. The normalized spacial score (nSPS) is 45.8. The first-order valence-corrected chi connectivity index (χ1v) is 3.26. The van der Waals surface area contributed by atoms with Gasteiger partial charge in [0, 0.05) is 0 Å². The van der Waals surface area contributed by atoms with E-state index in [4.69, 9.17) is 15.3 Å². The van der Waals surface area contributed by atoms with E-state index in [-0.39, 0.29) is 0 Å². The highest BCUT2D eigenvalue weighted by molar-refractivity contribution is 4.91. The standard InChI is InChI=1S/C6H10FO4/c7-3-2-11-4(1-8)6(10)5(3)9/h2-6,8-10H,1H2/t3-,4+,5+,6+/m0/s1. The molecule has 1 rings (SSSR count). The lowest BCUT2D eigenvalue weighted by molar-refractivity contribution is -0.153. The van der Waals surface area contributed by atoms with Crippen molar-refractivity contribution in [2.75, 3.05) is 6.61 Å². The number of aliphatic hydroxyl groups excluding tert-OH is 3. The third kappa shape index (κ3) is 1.67. The van der Waals surface area contributed by atoms with Gasteiger partial charge in [0.05, 0.1) is 6.61 Å². The first-order chi connectivity index (χ1) is 5.16. The van der Waals surface area contributed by atoms with Gasteiger partial charge in [0.15, 0.2) is 6.17 Å². The van der Waals surface area contributed by atoms with Crippen LogP contribution < -0.4 is 0 Å². The molecule has 0 amide bonds. The molecule has 0 aromatic rings. The molecule has 11 heavy (non-hydrogen) atoms. The van der Waals surface area contributed by atoms with Gasteiger partial charge in [-0.1, -0.05) is 0 Å². The summed E-state index contributed by atoms with van der Waals surface area (Å²) in [6.07, 6.45) is -5.47. The van der Waals surface area contributed by atoms with Crippen molar-refractivity contribution in [3.8, 4) is 0 Å². The summed E-state index contributed by atoms with van der Waals surface area (Å²) < 4.78 is 17.0. The average molecular weight is 165 g/mol. The second-order valence-corrected chi connectivity index (χ2v) is 2.42. The Labute approximate surface area is 63.2 Å². The average Bonchev–Trinajstić information content (AvgIpc) is 2.01. The van der Waals surface area contributed by atoms with E-state index in [1.54, 1.807) is 0 Å². The molecule has 0 aromatic heterocycles. The van der Waals surface area contributed by atoms with Crippen LogP contribution in [0.25, 0.3) is 0 Å². The molecule has 1 heterocycles. The molecule has 0 aromatic carbocycles. The van der Waals surface area contributed by atoms with E-state index in [9.17, 15) is 4.39 Å². The predicted molar refractivity (Wildman–Crippen MR) is 33.2 cm³/mol. The Kier molecular flexibility index (Phi) is 2.78. The van der Waals surface area contributed by atoms with Gasteiger partial charge in [0.1, 0.15) is 24.9 Å². The van der Waals surface area contributed by atoms with Gasteiger partial charge < -0.3 is 20.1 Å². The Morgan fingerprint density at radius 1 is 1.36 bits per heavy atom. The van der Waals surface area contributed by atoms with Crippen LogP contribution in [-0.4, -0.2) is 46.4 Å². The molecule has 0 unspecified atom stereocenters. The molecule has 5 heteroatoms. The highest BCUT2D eigenvalue weighted by Crippen LogP contribution is 2.19. The third-order valence-electron chi connectivity index (χ3n) is 1.62. The minimum absolute atomic E-state index is 0.443. The van der Waals surface area contributed by atoms with Gasteiger partial charge in [0.25, 0.3) is 0 Å². The van der Waals surface area contributed by atoms with Crippen LogP contribution in [0.2, 0.25) is 0 Å². The topological polar surface area (TPSA) is 69.9 Å². The van der Waals surface area contributed by atoms with Gasteiger partial charge in [0.2, 0.25) is 0 Å². The maximum absolute atomic E-state index is 12.5. The number of aliphatic hydroxyl groups is 3. The molecule has 4 atom stereocenters. The van der Waals surface area contributed by atoms with Crippen LogP contribution in [0.1, 0.15) is 0 Å². The van der Waals surface area contributed by atoms with Crippen molar-refractivity contribution in [1.82, 2.24) is 0 Å². The molecule has 1 aliphatic heterocycles. The molecule has 3 N–H and O–H groups in total. The van der Waals surface area contributed by atoms with Crippen molar-refractivity contribution in [1.29, 1.82) is 0 Å². The van der Waals surface area contributed by atoms with E-state index in [0.717, 1.165) is 6.61 Å². The molecule has 0 saturated carbocycles. The lowest BCUT2D eigenvalue weighted by atomic mass is 10.0. The lowest BCUT2D eigenvalue weighted by Gasteiger charge is -2.32. The van der Waals surface area contributed by atoms with Crippen molar-refractivity contribution in [2.24, 2.45) is 0 Å². The minimum atomic E-state index is -1.69. The van der Waals surface area contributed by atoms with Crippen LogP contribution in [0, 0.1) is 6.61 Å². The van der Waals surface area contributed by atoms with Crippen LogP contribution in [-0.2, 0) is 4.74 Å². The Morgan fingerprint density at radius 2 is 2.00 bits per heavy atom. The second-order valence-electron chi connectivity index (χ2n) is 2.42. The van der Waals surface area contributed by atoms with E-state index in [2.05, 4.69) is 4.74 Å². The zero-order valence-corrected chi connectivity index (χ0v) is 5.72. The van der Waals surface area contributed by atoms with E-state index in [1.807, 2.05) is 0 Å². The van der Waals surface area contributed by atoms with Gasteiger partial charge in [-0.05, 0) is 0 Å². The number of hydrogen-bond acceptors (Lipinski definition) is 4. The number of alkyl halides is 1. The predicted octanol–water partition coefficient (Wildman–Crippen LogP) is -1.40. The number of hydrogen-bond donors (Lipinski definition) is 3. The summed E-state index contributed by atoms with van der Waals surface area (Å²) in [5, 5.41) is 26.4. The zero-order chi connectivity index (χ0) is 8.43. The number of ether oxygens (including phenoxy) is 1. The highest BCUT2D eigenvalue weighted by Gasteiger charge is 2.38. The summed E-state index contributed by atoms with van der Waals surface area (Å²) in [5.74, 6) is 0. The Balaban J connectivity index is 2.52. The van der Waals surface area contributed by atoms with E-state index >= 15 is 0 Å². The molecule has 65 valence electrons. The number of rotatable bonds is 1. The van der Waals surface area contributed by atoms with Crippen LogP contribution >= 0.6 is 0 Å². The summed E-state index contributed by atoms with van der Waals surface area (Å²) in [6, 6.07) is 0. The lowest BCUT2D eigenvalue weighted by Crippen LogP contribution is -2.50. The maximum atomic E-state index is 12.5. The van der Waals surface area contributed by atoms with Gasteiger partial charge in [-0.3, -0.25) is 0 Å².